The lowest BCUT2D eigenvalue weighted by Crippen LogP contribution is -2.09. The van der Waals surface area contributed by atoms with Gasteiger partial charge in [-0.1, -0.05) is 75.1 Å². The predicted molar refractivity (Wildman–Crippen MR) is 87.1 cm³/mol. The van der Waals surface area contributed by atoms with Crippen LogP contribution in [0.15, 0.2) is 12.1 Å². The number of halogens is 2. The van der Waals surface area contributed by atoms with Gasteiger partial charge in [0.15, 0.2) is 5.69 Å². The van der Waals surface area contributed by atoms with Gasteiger partial charge in [0.25, 0.3) is 0 Å². The quantitative estimate of drug-likeness (QED) is 0.314. The summed E-state index contributed by atoms with van der Waals surface area (Å²) in [4.78, 5) is 15.7. The molecule has 0 N–H and O–H groups in total. The molecule has 1 aromatic heterocycles. The molecule has 0 radical (unpaired) electrons. The molecule has 0 spiro atoms. The Labute approximate surface area is 137 Å². The second kappa shape index (κ2) is 10.9. The van der Waals surface area contributed by atoms with Crippen LogP contribution in [0.5, 0.6) is 0 Å². The van der Waals surface area contributed by atoms with Gasteiger partial charge >= 0.3 is 5.97 Å². The van der Waals surface area contributed by atoms with Crippen molar-refractivity contribution < 1.29 is 9.53 Å². The maximum atomic E-state index is 11.8. The van der Waals surface area contributed by atoms with E-state index < -0.39 is 5.97 Å². The van der Waals surface area contributed by atoms with Crippen LogP contribution in [-0.2, 0) is 4.74 Å². The highest BCUT2D eigenvalue weighted by atomic mass is 35.5. The number of unbranched alkanes of at least 4 members (excludes halogenated alkanes) is 7. The summed E-state index contributed by atoms with van der Waals surface area (Å²) in [5.41, 5.74) is 0.0868. The van der Waals surface area contributed by atoms with Crippen molar-refractivity contribution in [2.24, 2.45) is 0 Å². The topological polar surface area (TPSA) is 39.2 Å². The molecule has 0 aliphatic rings. The lowest BCUT2D eigenvalue weighted by Gasteiger charge is -2.06. The highest BCUT2D eigenvalue weighted by molar-refractivity contribution is 6.34. The van der Waals surface area contributed by atoms with E-state index in [2.05, 4.69) is 11.9 Å². The van der Waals surface area contributed by atoms with Crippen LogP contribution in [0, 0.1) is 0 Å². The maximum absolute atomic E-state index is 11.8. The second-order valence-electron chi connectivity index (χ2n) is 5.08. The summed E-state index contributed by atoms with van der Waals surface area (Å²) in [6, 6.07) is 3.09. The fourth-order valence-electron chi connectivity index (χ4n) is 2.03. The van der Waals surface area contributed by atoms with Crippen molar-refractivity contribution in [3.63, 3.8) is 0 Å². The van der Waals surface area contributed by atoms with Crippen LogP contribution >= 0.6 is 23.2 Å². The molecule has 3 nitrogen and oxygen atoms in total. The molecule has 1 aromatic rings. The van der Waals surface area contributed by atoms with E-state index in [4.69, 9.17) is 27.9 Å². The number of hydrogen-bond donors (Lipinski definition) is 0. The molecule has 0 amide bonds. The zero-order valence-electron chi connectivity index (χ0n) is 12.5. The lowest BCUT2D eigenvalue weighted by atomic mass is 10.1. The van der Waals surface area contributed by atoms with Crippen molar-refractivity contribution in [3.8, 4) is 0 Å². The zero-order valence-corrected chi connectivity index (χ0v) is 14.1. The molecular weight excluding hydrogens is 309 g/mol. The molecule has 0 aliphatic heterocycles. The Bertz CT molecular complexity index is 438. The average molecular weight is 332 g/mol. The average Bonchev–Trinajstić information content (AvgIpc) is 2.48. The highest BCUT2D eigenvalue weighted by Gasteiger charge is 2.14. The number of rotatable bonds is 10. The Morgan fingerprint density at radius 2 is 1.67 bits per heavy atom. The number of aromatic nitrogens is 1. The molecule has 0 unspecified atom stereocenters. The minimum atomic E-state index is -0.509. The monoisotopic (exact) mass is 331 g/mol. The van der Waals surface area contributed by atoms with E-state index in [1.54, 1.807) is 12.1 Å². The number of ether oxygens (including phenoxy) is 1. The van der Waals surface area contributed by atoms with Gasteiger partial charge < -0.3 is 4.74 Å². The van der Waals surface area contributed by atoms with Gasteiger partial charge in [-0.15, -0.1) is 0 Å². The molecule has 0 aromatic carbocycles. The lowest BCUT2D eigenvalue weighted by molar-refractivity contribution is 0.0491. The zero-order chi connectivity index (χ0) is 15.5. The molecule has 0 aliphatic carbocycles. The first-order valence-corrected chi connectivity index (χ1v) is 8.40. The summed E-state index contributed by atoms with van der Waals surface area (Å²) in [6.45, 7) is 2.62. The molecular formula is C16H23Cl2NO2. The Morgan fingerprint density at radius 3 is 2.33 bits per heavy atom. The van der Waals surface area contributed by atoms with Crippen LogP contribution in [0.2, 0.25) is 10.2 Å². The first kappa shape index (κ1) is 18.2. The van der Waals surface area contributed by atoms with Gasteiger partial charge in [-0.2, -0.15) is 0 Å². The predicted octanol–water partition coefficient (Wildman–Crippen LogP) is 5.69. The van der Waals surface area contributed by atoms with Gasteiger partial charge in [-0.25, -0.2) is 9.78 Å². The molecule has 1 heterocycles. The third kappa shape index (κ3) is 7.68. The Morgan fingerprint density at radius 1 is 1.05 bits per heavy atom. The van der Waals surface area contributed by atoms with Crippen molar-refractivity contribution in [3.05, 3.63) is 28.0 Å². The first-order chi connectivity index (χ1) is 10.1. The smallest absolute Gasteiger partial charge is 0.358 e. The molecule has 1 rings (SSSR count). The van der Waals surface area contributed by atoms with E-state index in [-0.39, 0.29) is 15.9 Å². The Hall–Kier alpha value is -0.800. The van der Waals surface area contributed by atoms with Crippen LogP contribution in [0.3, 0.4) is 0 Å². The highest BCUT2D eigenvalue weighted by Crippen LogP contribution is 2.18. The summed E-state index contributed by atoms with van der Waals surface area (Å²) < 4.78 is 5.16. The fourth-order valence-corrected chi connectivity index (χ4v) is 2.36. The van der Waals surface area contributed by atoms with Crippen LogP contribution in [0.4, 0.5) is 0 Å². The van der Waals surface area contributed by atoms with Crippen LogP contribution < -0.4 is 0 Å². The van der Waals surface area contributed by atoms with Gasteiger partial charge in [0.05, 0.1) is 11.6 Å². The van der Waals surface area contributed by atoms with E-state index >= 15 is 0 Å². The van der Waals surface area contributed by atoms with Crippen molar-refractivity contribution >= 4 is 29.2 Å². The van der Waals surface area contributed by atoms with E-state index in [0.29, 0.717) is 6.61 Å². The van der Waals surface area contributed by atoms with E-state index in [9.17, 15) is 4.79 Å². The number of carbonyl (C=O) groups excluding carboxylic acids is 1. The van der Waals surface area contributed by atoms with E-state index in [1.165, 1.54) is 38.5 Å². The summed E-state index contributed by atoms with van der Waals surface area (Å²) in [6.07, 6.45) is 9.63. The molecule has 21 heavy (non-hydrogen) atoms. The van der Waals surface area contributed by atoms with Gasteiger partial charge in [-0.05, 0) is 18.6 Å². The van der Waals surface area contributed by atoms with E-state index in [1.807, 2.05) is 0 Å². The van der Waals surface area contributed by atoms with Crippen LogP contribution in [-0.4, -0.2) is 17.6 Å². The Kier molecular flexibility index (Phi) is 9.44. The summed E-state index contributed by atoms with van der Waals surface area (Å²) in [7, 11) is 0. The van der Waals surface area contributed by atoms with Crippen molar-refractivity contribution in [2.45, 2.75) is 58.3 Å². The number of carbonyl (C=O) groups is 1. The number of pyridine rings is 1. The molecule has 0 saturated heterocycles. The Balaban J connectivity index is 2.12. The van der Waals surface area contributed by atoms with E-state index in [0.717, 1.165) is 12.8 Å². The van der Waals surface area contributed by atoms with Gasteiger partial charge in [-0.3, -0.25) is 0 Å². The maximum Gasteiger partial charge on any atom is 0.358 e. The number of hydrogen-bond acceptors (Lipinski definition) is 3. The van der Waals surface area contributed by atoms with Crippen molar-refractivity contribution in [2.75, 3.05) is 6.61 Å². The molecule has 0 atom stereocenters. The SMILES string of the molecule is CCCCCCCCCCOC(=O)c1nc(Cl)ccc1Cl. The summed E-state index contributed by atoms with van der Waals surface area (Å²) in [5.74, 6) is -0.509. The largest absolute Gasteiger partial charge is 0.461 e. The molecule has 0 fully saturated rings. The van der Waals surface area contributed by atoms with Crippen molar-refractivity contribution in [1.82, 2.24) is 4.98 Å². The minimum absolute atomic E-state index is 0.0868. The van der Waals surface area contributed by atoms with Crippen molar-refractivity contribution in [1.29, 1.82) is 0 Å². The first-order valence-electron chi connectivity index (χ1n) is 7.64. The minimum Gasteiger partial charge on any atom is -0.461 e. The third-order valence-electron chi connectivity index (χ3n) is 3.24. The normalized spacial score (nSPS) is 10.6. The molecule has 0 bridgehead atoms. The fraction of sp³-hybridized carbons (Fsp3) is 0.625. The molecule has 5 heteroatoms. The number of esters is 1. The number of nitrogens with zero attached hydrogens (tertiary/aromatic N) is 1. The molecule has 0 saturated carbocycles. The van der Waals surface area contributed by atoms with Crippen LogP contribution in [0.1, 0.15) is 68.8 Å². The van der Waals surface area contributed by atoms with Gasteiger partial charge in [0.2, 0.25) is 0 Å². The van der Waals surface area contributed by atoms with Crippen LogP contribution in [0.25, 0.3) is 0 Å². The second-order valence-corrected chi connectivity index (χ2v) is 5.87. The third-order valence-corrected chi connectivity index (χ3v) is 3.75. The van der Waals surface area contributed by atoms with Gasteiger partial charge in [0, 0.05) is 0 Å². The summed E-state index contributed by atoms with van der Waals surface area (Å²) >= 11 is 11.6. The summed E-state index contributed by atoms with van der Waals surface area (Å²) in [5, 5.41) is 0.499. The van der Waals surface area contributed by atoms with Gasteiger partial charge in [0.1, 0.15) is 5.15 Å². The molecule has 118 valence electrons. The standard InChI is InChI=1S/C16H23Cl2NO2/c1-2-3-4-5-6-7-8-9-12-21-16(20)15-13(17)10-11-14(18)19-15/h10-11H,2-9,12H2,1H3.